The van der Waals surface area contributed by atoms with E-state index in [1.807, 2.05) is 47.8 Å². The van der Waals surface area contributed by atoms with E-state index in [2.05, 4.69) is 20.8 Å². The van der Waals surface area contributed by atoms with Gasteiger partial charge in [0.25, 0.3) is 5.56 Å². The first kappa shape index (κ1) is 21.1. The number of hydrogen-bond donors (Lipinski definition) is 1. The molecule has 160 valence electrons. The molecule has 1 N–H and O–H groups in total. The summed E-state index contributed by atoms with van der Waals surface area (Å²) in [5, 5.41) is 16.6. The molecule has 0 radical (unpaired) electrons. The number of rotatable bonds is 7. The SMILES string of the molecule is Cc1c(NC(=O)[C@@H](C)Sc2nnnn2Cc2cccs2)c(=O)n(-c2ccccc2)n1C. The Bertz CT molecular complexity index is 1240. The van der Waals surface area contributed by atoms with Crippen molar-refractivity contribution in [3.05, 3.63) is 68.8 Å². The second kappa shape index (κ2) is 8.90. The number of thiophene rings is 1. The van der Waals surface area contributed by atoms with Crippen molar-refractivity contribution in [2.24, 2.45) is 7.05 Å². The van der Waals surface area contributed by atoms with Crippen LogP contribution in [0.2, 0.25) is 0 Å². The maximum absolute atomic E-state index is 13.0. The molecule has 0 saturated heterocycles. The topological polar surface area (TPSA) is 99.6 Å². The summed E-state index contributed by atoms with van der Waals surface area (Å²) in [5.41, 5.74) is 1.39. The highest BCUT2D eigenvalue weighted by Crippen LogP contribution is 2.23. The van der Waals surface area contributed by atoms with Crippen molar-refractivity contribution >= 4 is 34.7 Å². The second-order valence-corrected chi connectivity index (χ2v) is 9.22. The Morgan fingerprint density at radius 3 is 2.71 bits per heavy atom. The fourth-order valence-electron chi connectivity index (χ4n) is 3.08. The number of nitrogens with zero attached hydrogens (tertiary/aromatic N) is 6. The van der Waals surface area contributed by atoms with Gasteiger partial charge < -0.3 is 5.32 Å². The lowest BCUT2D eigenvalue weighted by Crippen LogP contribution is -2.27. The van der Waals surface area contributed by atoms with E-state index < -0.39 is 5.25 Å². The first-order valence-corrected chi connectivity index (χ1v) is 11.3. The van der Waals surface area contributed by atoms with Crippen molar-refractivity contribution in [2.45, 2.75) is 30.8 Å². The van der Waals surface area contributed by atoms with E-state index in [0.29, 0.717) is 17.4 Å². The largest absolute Gasteiger partial charge is 0.319 e. The number of tetrazole rings is 1. The van der Waals surface area contributed by atoms with Crippen molar-refractivity contribution < 1.29 is 4.79 Å². The van der Waals surface area contributed by atoms with Crippen molar-refractivity contribution in [1.82, 2.24) is 29.6 Å². The van der Waals surface area contributed by atoms with Crippen LogP contribution >= 0.6 is 23.1 Å². The molecule has 3 aromatic heterocycles. The smallest absolute Gasteiger partial charge is 0.295 e. The predicted molar refractivity (Wildman–Crippen MR) is 121 cm³/mol. The summed E-state index contributed by atoms with van der Waals surface area (Å²) in [6.45, 7) is 4.11. The molecule has 0 saturated carbocycles. The first-order valence-electron chi connectivity index (χ1n) is 9.55. The molecule has 4 rings (SSSR count). The van der Waals surface area contributed by atoms with Crippen LogP contribution in [-0.2, 0) is 18.4 Å². The highest BCUT2D eigenvalue weighted by Gasteiger charge is 2.23. The summed E-state index contributed by atoms with van der Waals surface area (Å²) < 4.78 is 4.92. The minimum Gasteiger partial charge on any atom is -0.319 e. The van der Waals surface area contributed by atoms with E-state index in [9.17, 15) is 9.59 Å². The molecule has 0 bridgehead atoms. The Morgan fingerprint density at radius 2 is 2.00 bits per heavy atom. The van der Waals surface area contributed by atoms with Gasteiger partial charge in [0.05, 0.1) is 23.2 Å². The number of hydrogen-bond acceptors (Lipinski definition) is 7. The van der Waals surface area contributed by atoms with Crippen LogP contribution in [0, 0.1) is 6.92 Å². The van der Waals surface area contributed by atoms with Gasteiger partial charge in [0, 0.05) is 11.9 Å². The molecule has 9 nitrogen and oxygen atoms in total. The van der Waals surface area contributed by atoms with Crippen LogP contribution < -0.4 is 10.9 Å². The van der Waals surface area contributed by atoms with Crippen LogP contribution in [0.1, 0.15) is 17.5 Å². The zero-order valence-electron chi connectivity index (χ0n) is 17.2. The van der Waals surface area contributed by atoms with Gasteiger partial charge in [-0.15, -0.1) is 16.4 Å². The fourth-order valence-corrected chi connectivity index (χ4v) is 4.55. The molecule has 3 heterocycles. The number of anilines is 1. The average molecular weight is 456 g/mol. The van der Waals surface area contributed by atoms with Gasteiger partial charge in [0.1, 0.15) is 5.69 Å². The Morgan fingerprint density at radius 1 is 1.23 bits per heavy atom. The zero-order chi connectivity index (χ0) is 22.0. The highest BCUT2D eigenvalue weighted by molar-refractivity contribution is 8.00. The van der Waals surface area contributed by atoms with Crippen molar-refractivity contribution in [3.63, 3.8) is 0 Å². The van der Waals surface area contributed by atoms with Gasteiger partial charge in [-0.05, 0) is 47.9 Å². The third-order valence-electron chi connectivity index (χ3n) is 4.84. The number of benzene rings is 1. The number of thioether (sulfide) groups is 1. The number of amides is 1. The number of para-hydroxylation sites is 1. The molecule has 4 aromatic rings. The van der Waals surface area contributed by atoms with Gasteiger partial charge in [-0.2, -0.15) is 0 Å². The van der Waals surface area contributed by atoms with E-state index in [-0.39, 0.29) is 17.2 Å². The summed E-state index contributed by atoms with van der Waals surface area (Å²) in [4.78, 5) is 27.0. The number of nitrogens with one attached hydrogen (secondary N) is 1. The van der Waals surface area contributed by atoms with Crippen molar-refractivity contribution in [1.29, 1.82) is 0 Å². The van der Waals surface area contributed by atoms with Crippen molar-refractivity contribution in [2.75, 3.05) is 5.32 Å². The molecule has 0 aliphatic rings. The van der Waals surface area contributed by atoms with Crippen LogP contribution in [0.15, 0.2) is 57.8 Å². The first-order chi connectivity index (χ1) is 15.0. The Balaban J connectivity index is 1.51. The molecular weight excluding hydrogens is 434 g/mol. The molecule has 0 spiro atoms. The van der Waals surface area contributed by atoms with Gasteiger partial charge in [-0.25, -0.2) is 9.36 Å². The lowest BCUT2D eigenvalue weighted by molar-refractivity contribution is -0.115. The maximum atomic E-state index is 13.0. The minimum atomic E-state index is -0.503. The lowest BCUT2D eigenvalue weighted by atomic mass is 10.3. The van der Waals surface area contributed by atoms with E-state index in [0.717, 1.165) is 10.6 Å². The molecule has 0 fully saturated rings. The summed E-state index contributed by atoms with van der Waals surface area (Å²) in [6.07, 6.45) is 0. The molecule has 1 amide bonds. The highest BCUT2D eigenvalue weighted by atomic mass is 32.2. The third-order valence-corrected chi connectivity index (χ3v) is 6.77. The van der Waals surface area contributed by atoms with Gasteiger partial charge >= 0.3 is 0 Å². The summed E-state index contributed by atoms with van der Waals surface area (Å²) in [7, 11) is 1.79. The van der Waals surface area contributed by atoms with E-state index in [4.69, 9.17) is 0 Å². The third kappa shape index (κ3) is 4.32. The molecular formula is C20H21N7O2S2. The number of carbonyl (C=O) groups excluding carboxylic acids is 1. The Hall–Kier alpha value is -3.18. The van der Waals surface area contributed by atoms with Crippen LogP contribution in [0.5, 0.6) is 0 Å². The molecule has 0 unspecified atom stereocenters. The summed E-state index contributed by atoms with van der Waals surface area (Å²) in [6, 6.07) is 13.3. The van der Waals surface area contributed by atoms with Crippen molar-refractivity contribution in [3.8, 4) is 5.69 Å². The molecule has 1 atom stereocenters. The standard InChI is InChI=1S/C20H21N7O2S2/c1-13-17(19(29)27(25(13)3)15-8-5-4-6-9-15)21-18(28)14(2)31-20-22-23-24-26(20)12-16-10-7-11-30-16/h4-11,14H,12H2,1-3H3,(H,21,28)/t14-/m1/s1. The monoisotopic (exact) mass is 455 g/mol. The van der Waals surface area contributed by atoms with Crippen LogP contribution in [0.3, 0.4) is 0 Å². The normalized spacial score (nSPS) is 12.1. The molecule has 1 aromatic carbocycles. The van der Waals surface area contributed by atoms with Crippen LogP contribution in [0.25, 0.3) is 5.69 Å². The van der Waals surface area contributed by atoms with E-state index >= 15 is 0 Å². The molecule has 0 aliphatic carbocycles. The number of carbonyl (C=O) groups is 1. The number of aromatic nitrogens is 6. The minimum absolute atomic E-state index is 0.266. The summed E-state index contributed by atoms with van der Waals surface area (Å²) >= 11 is 2.87. The van der Waals surface area contributed by atoms with Gasteiger partial charge in [0.2, 0.25) is 11.1 Å². The Labute approximate surface area is 186 Å². The molecule has 11 heteroatoms. The zero-order valence-corrected chi connectivity index (χ0v) is 18.9. The van der Waals surface area contributed by atoms with Gasteiger partial charge in [0.15, 0.2) is 0 Å². The van der Waals surface area contributed by atoms with E-state index in [1.54, 1.807) is 41.6 Å². The van der Waals surface area contributed by atoms with Gasteiger partial charge in [-0.1, -0.05) is 36.0 Å². The molecule has 0 aliphatic heterocycles. The quantitative estimate of drug-likeness (QED) is 0.430. The molecule has 31 heavy (non-hydrogen) atoms. The summed E-state index contributed by atoms with van der Waals surface area (Å²) in [5.74, 6) is -0.290. The second-order valence-electron chi connectivity index (χ2n) is 6.88. The average Bonchev–Trinajstić information content (AvgIpc) is 3.48. The fraction of sp³-hybridized carbons (Fsp3) is 0.250. The van der Waals surface area contributed by atoms with E-state index in [1.165, 1.54) is 16.4 Å². The van der Waals surface area contributed by atoms with Crippen LogP contribution in [0.4, 0.5) is 5.69 Å². The Kier molecular flexibility index (Phi) is 6.05. The predicted octanol–water partition coefficient (Wildman–Crippen LogP) is 2.70. The maximum Gasteiger partial charge on any atom is 0.295 e. The lowest BCUT2D eigenvalue weighted by Gasteiger charge is -2.11. The van der Waals surface area contributed by atoms with Gasteiger partial charge in [-0.3, -0.25) is 14.3 Å². The van der Waals surface area contributed by atoms with Crippen LogP contribution in [-0.4, -0.2) is 40.7 Å².